The molecule has 23 radical (unpaired) electrons. The smallest absolute Gasteiger partial charge is 0.121 e. The van der Waals surface area contributed by atoms with Crippen LogP contribution in [0.2, 0.25) is 1.41 Å². The van der Waals surface area contributed by atoms with Gasteiger partial charge in [0.05, 0.1) is 0 Å². The lowest BCUT2D eigenvalue weighted by molar-refractivity contribution is 1.79. The zero-order valence-electron chi connectivity index (χ0n) is 11.6. The molecule has 0 aromatic carbocycles. The van der Waals surface area contributed by atoms with Crippen molar-refractivity contribution in [1.82, 2.24) is 3.43 Å². The van der Waals surface area contributed by atoms with Crippen molar-refractivity contribution in [1.29, 1.82) is 0 Å². The molecule has 0 aliphatic rings. The summed E-state index contributed by atoms with van der Waals surface area (Å²) in [7, 11) is 51.5. The van der Waals surface area contributed by atoms with E-state index in [0.29, 0.717) is 0 Å². The molecule has 1 N–H and O–H groups in total. The number of hydrogen-bond donors (Lipinski definition) is 1. The zero-order valence-corrected chi connectivity index (χ0v) is 12.8. The molecular formula is HB17IN-5. The van der Waals surface area contributed by atoms with Gasteiger partial charge in [-0.05, 0) is 15.5 Å². The van der Waals surface area contributed by atoms with Gasteiger partial charge in [-0.2, -0.15) is 0 Å². The standard InChI is InChI=1S/B17HIN/c1-10(2)14(9)16(13(7)8)17(19-18)15(11(3)4)12(5)6/h19H/q-5/i/hT. The molecule has 19 heavy (non-hydrogen) atoms. The fourth-order valence-corrected chi connectivity index (χ4v) is 2.81. The molecule has 0 aliphatic carbocycles. The van der Waals surface area contributed by atoms with Gasteiger partial charge in [-0.1, -0.05) is 12.8 Å². The summed E-state index contributed by atoms with van der Waals surface area (Å²) in [4.78, 5) is 0. The Labute approximate surface area is 148 Å². The second-order valence-electron chi connectivity index (χ2n) is 4.63. The van der Waals surface area contributed by atoms with Gasteiger partial charge in [0.15, 0.2) is 0 Å². The molecule has 0 heterocycles. The molecule has 1 nitrogen and oxygen atoms in total. The molecule has 69 valence electrons. The molecule has 0 aromatic rings. The first-order valence-electron chi connectivity index (χ1n) is 6.21. The summed E-state index contributed by atoms with van der Waals surface area (Å²) < 4.78 is 8.92. The number of halogens is 1. The van der Waals surface area contributed by atoms with Crippen molar-refractivity contribution >= 4 is 144 Å². The topological polar surface area (TPSA) is 12.0 Å². The van der Waals surface area contributed by atoms with E-state index in [1.807, 2.05) is 0 Å². The molecule has 0 spiro atoms. The van der Waals surface area contributed by atoms with Crippen molar-refractivity contribution in [2.24, 2.45) is 0 Å². The molecule has 0 bridgehead atoms. The Balaban J connectivity index is 5.59. The normalized spacial score (nSPS) is 10.6. The van der Waals surface area contributed by atoms with Crippen LogP contribution >= 0.6 is 22.9 Å². The predicted molar refractivity (Wildman–Crippen MR) is 115 cm³/mol. The van der Waals surface area contributed by atoms with Crippen LogP contribution in [0.4, 0.5) is 0 Å². The van der Waals surface area contributed by atoms with Gasteiger partial charge >= 0.3 is 0 Å². The monoisotopic (exact) mass is 331 g/mol. The third kappa shape index (κ3) is 6.20. The second kappa shape index (κ2) is 9.74. The van der Waals surface area contributed by atoms with Crippen LogP contribution in [0.5, 0.6) is 0 Å². The van der Waals surface area contributed by atoms with Crippen LogP contribution in [-0.2, 0) is 0 Å². The minimum atomic E-state index is -0.896. The van der Waals surface area contributed by atoms with E-state index in [9.17, 15) is 0 Å². The highest BCUT2D eigenvalue weighted by Crippen LogP contribution is 2.03. The fourth-order valence-electron chi connectivity index (χ4n) is 2.07. The second-order valence-corrected chi connectivity index (χ2v) is 5.19. The summed E-state index contributed by atoms with van der Waals surface area (Å²) in [6, 6.07) is 0. The predicted octanol–water partition coefficient (Wildman–Crippen LogP) is -6.08. The molecule has 0 fully saturated rings. The van der Waals surface area contributed by atoms with Gasteiger partial charge in [0.2, 0.25) is 0 Å². The number of hydrogen-bond acceptors (Lipinski definition) is 1. The first-order chi connectivity index (χ1) is 9.02. The van der Waals surface area contributed by atoms with Gasteiger partial charge in [0, 0.05) is 51.1 Å². The first-order valence-corrected chi connectivity index (χ1v) is 6.73. The minimum Gasteiger partial charge on any atom is -0.729 e. The first kappa shape index (κ1) is 18.8. The van der Waals surface area contributed by atoms with Gasteiger partial charge in [0.1, 0.15) is 8.04 Å². The highest BCUT2D eigenvalue weighted by atomic mass is 127. The number of nitrogens with one attached hydrogen (secondary N) is 1. The van der Waals surface area contributed by atoms with Crippen molar-refractivity contribution in [3.63, 3.8) is 0 Å². The van der Waals surface area contributed by atoms with Crippen LogP contribution in [0, 0.1) is 0 Å². The van der Waals surface area contributed by atoms with E-state index in [1.54, 1.807) is 22.9 Å². The lowest BCUT2D eigenvalue weighted by Crippen LogP contribution is -2.78. The molecule has 0 aromatic heterocycles. The van der Waals surface area contributed by atoms with Gasteiger partial charge in [-0.25, -0.2) is 6.39 Å². The largest absolute Gasteiger partial charge is 0.729 e. The Morgan fingerprint density at radius 2 is 1.37 bits per heavy atom. The van der Waals surface area contributed by atoms with E-state index in [1.165, 1.54) is 0 Å². The highest BCUT2D eigenvalue weighted by Gasteiger charge is 2.34. The average Bonchev–Trinajstić information content (AvgIpc) is 2.25. The minimum absolute atomic E-state index is 0.668. The van der Waals surface area contributed by atoms with Crippen LogP contribution in [0.1, 0.15) is 0 Å². The van der Waals surface area contributed by atoms with Crippen molar-refractivity contribution in [3.05, 3.63) is 0 Å². The highest BCUT2D eigenvalue weighted by molar-refractivity contribution is 14.1. The van der Waals surface area contributed by atoms with Crippen LogP contribution in [0.3, 0.4) is 0 Å². The summed E-state index contributed by atoms with van der Waals surface area (Å²) in [5.74, 6) is 0. The number of rotatable bonds is 8. The average molecular weight is 328 g/mol. The SMILES string of the molecule is [3H]N(I)B(B(B([B])[B-])B([B-])[B-])B(B([B])[B])B([B])B([B-])[B-]. The third-order valence-electron chi connectivity index (χ3n) is 3.12. The van der Waals surface area contributed by atoms with Gasteiger partial charge in [-0.3, -0.25) is 0 Å². The molecule has 19 heteroatoms. The van der Waals surface area contributed by atoms with Crippen molar-refractivity contribution < 1.29 is 1.41 Å². The lowest BCUT2D eigenvalue weighted by atomic mass is 8.47. The Hall–Kier alpha value is 1.79. The van der Waals surface area contributed by atoms with Gasteiger partial charge < -0.3 is 54.9 Å². The lowest BCUT2D eigenvalue weighted by Gasteiger charge is -2.56. The van der Waals surface area contributed by atoms with E-state index >= 15 is 0 Å². The van der Waals surface area contributed by atoms with Crippen LogP contribution in [0.15, 0.2) is 0 Å². The van der Waals surface area contributed by atoms with Crippen LogP contribution in [-0.4, -0.2) is 121 Å². The molecule has 0 unspecified atom stereocenters. The van der Waals surface area contributed by atoms with Gasteiger partial charge in [-0.15, -0.1) is 0 Å². The Morgan fingerprint density at radius 1 is 0.895 bits per heavy atom. The maximum absolute atomic E-state index is 7.86. The van der Waals surface area contributed by atoms with E-state index in [-0.39, 0.29) is 0 Å². The summed E-state index contributed by atoms with van der Waals surface area (Å²) >= 11 is 1.72. The Kier molecular flexibility index (Phi) is 9.66. The van der Waals surface area contributed by atoms with Crippen molar-refractivity contribution in [2.75, 3.05) is 0 Å². The third-order valence-corrected chi connectivity index (χ3v) is 3.77. The molecule has 0 saturated carbocycles. The van der Waals surface area contributed by atoms with Crippen molar-refractivity contribution in [2.45, 2.75) is 0 Å². The molecular weight excluding hydrogens is 325 g/mol. The summed E-state index contributed by atoms with van der Waals surface area (Å²) in [6.07, 6.45) is -5.66. The molecule has 0 rings (SSSR count). The van der Waals surface area contributed by atoms with E-state index in [4.69, 9.17) is 71.0 Å². The Bertz CT molecular complexity index is 256. The van der Waals surface area contributed by atoms with Crippen molar-refractivity contribution in [3.8, 4) is 0 Å². The maximum atomic E-state index is 7.86. The maximum Gasteiger partial charge on any atom is 0.121 e. The van der Waals surface area contributed by atoms with E-state index in [0.717, 1.165) is 3.43 Å². The van der Waals surface area contributed by atoms with Crippen LogP contribution in [0.25, 0.3) is 0 Å². The molecule has 0 amide bonds. The van der Waals surface area contributed by atoms with Crippen LogP contribution < -0.4 is 3.43 Å². The summed E-state index contributed by atoms with van der Waals surface area (Å²) in [5, 5.41) is 0. The Morgan fingerprint density at radius 3 is 1.58 bits per heavy atom. The summed E-state index contributed by atoms with van der Waals surface area (Å²) in [5.41, 5.74) is 0. The molecule has 0 saturated heterocycles. The van der Waals surface area contributed by atoms with E-state index in [2.05, 4.69) is 0 Å². The molecule has 0 aliphatic heterocycles. The van der Waals surface area contributed by atoms with Gasteiger partial charge in [0.25, 0.3) is 0 Å². The summed E-state index contributed by atoms with van der Waals surface area (Å²) in [6.45, 7) is -0.708. The molecule has 0 atom stereocenters. The quantitative estimate of drug-likeness (QED) is 0.266. The van der Waals surface area contributed by atoms with E-state index < -0.39 is 51.3 Å². The fraction of sp³-hybridized carbons (Fsp3) is 0. The zero-order chi connectivity index (χ0) is 16.2.